The lowest BCUT2D eigenvalue weighted by Crippen LogP contribution is -2.41. The van der Waals surface area contributed by atoms with Gasteiger partial charge in [-0.3, -0.25) is 23.7 Å². The number of H-pyrrole nitrogens is 1. The maximum absolute atomic E-state index is 13.7. The molecule has 0 aliphatic carbocycles. The van der Waals surface area contributed by atoms with Crippen LogP contribution in [0.1, 0.15) is 27.0 Å². The van der Waals surface area contributed by atoms with Crippen LogP contribution in [0, 0.1) is 0 Å². The number of imidazole rings is 1. The van der Waals surface area contributed by atoms with Gasteiger partial charge in [-0.2, -0.15) is 10.1 Å². The highest BCUT2D eigenvalue weighted by Crippen LogP contribution is 2.46. The number of ether oxygens (including phenoxy) is 2. The molecule has 3 aromatic rings. The minimum absolute atomic E-state index is 0.0106. The zero-order valence-corrected chi connectivity index (χ0v) is 21.8. The number of nitrogens with one attached hydrogen (secondary N) is 2. The minimum Gasteiger partial charge on any atom is -0.462 e. The van der Waals surface area contributed by atoms with Gasteiger partial charge in [0.15, 0.2) is 17.4 Å². The van der Waals surface area contributed by atoms with Crippen molar-refractivity contribution < 1.29 is 33.0 Å². The Hall–Kier alpha value is -3.33. The van der Waals surface area contributed by atoms with Crippen LogP contribution in [0.4, 0.5) is 5.95 Å². The number of nitrogen functional groups attached to an aromatic ring is 1. The summed E-state index contributed by atoms with van der Waals surface area (Å²) in [6.45, 7) is 4.38. The number of fused-ring (bicyclic) bond motifs is 1. The molecular formula is C22H30N7O8P. The summed E-state index contributed by atoms with van der Waals surface area (Å²) in [5.74, 6) is -0.575. The van der Waals surface area contributed by atoms with Gasteiger partial charge in [0.1, 0.15) is 24.0 Å². The molecule has 0 unspecified atom stereocenters. The van der Waals surface area contributed by atoms with Crippen molar-refractivity contribution in [2.45, 2.75) is 57.4 Å². The van der Waals surface area contributed by atoms with Crippen LogP contribution in [-0.4, -0.2) is 67.6 Å². The Morgan fingerprint density at radius 2 is 2.03 bits per heavy atom. The number of nitrogens with zero attached hydrogens (tertiary/aromatic N) is 3. The fourth-order valence-corrected chi connectivity index (χ4v) is 5.29. The van der Waals surface area contributed by atoms with Crippen LogP contribution >= 0.6 is 7.75 Å². The lowest BCUT2D eigenvalue weighted by Gasteiger charge is -2.25. The molecule has 16 heteroatoms. The van der Waals surface area contributed by atoms with Crippen molar-refractivity contribution in [3.8, 4) is 5.75 Å². The molecule has 6 atom stereocenters. The Kier molecular flexibility index (Phi) is 8.16. The van der Waals surface area contributed by atoms with E-state index in [9.17, 15) is 19.3 Å². The van der Waals surface area contributed by atoms with Crippen LogP contribution in [0.15, 0.2) is 41.5 Å². The van der Waals surface area contributed by atoms with Crippen molar-refractivity contribution >= 4 is 30.8 Å². The molecule has 2 aromatic heterocycles. The Morgan fingerprint density at radius 3 is 2.71 bits per heavy atom. The molecule has 15 nitrogen and oxygen atoms in total. The second-order valence-corrected chi connectivity index (χ2v) is 10.6. The van der Waals surface area contributed by atoms with Gasteiger partial charge in [-0.15, -0.1) is 0 Å². The van der Waals surface area contributed by atoms with Crippen LogP contribution in [0.3, 0.4) is 0 Å². The third kappa shape index (κ3) is 6.04. The number of hydrogen-bond donors (Lipinski definition) is 5. The third-order valence-corrected chi connectivity index (χ3v) is 7.22. The molecule has 0 amide bonds. The highest BCUT2D eigenvalue weighted by atomic mass is 31.2. The number of hydrogen-bond acceptors (Lipinski definition) is 12. The molecule has 206 valence electrons. The number of para-hydroxylation sites is 1. The molecule has 1 aliphatic rings. The number of aliphatic hydroxyl groups is 1. The van der Waals surface area contributed by atoms with E-state index in [-0.39, 0.29) is 29.0 Å². The van der Waals surface area contributed by atoms with Gasteiger partial charge >= 0.3 is 13.7 Å². The largest absolute Gasteiger partial charge is 0.462 e. The number of carbonyl (C=O) groups excluding carboxylic acids is 1. The van der Waals surface area contributed by atoms with E-state index >= 15 is 0 Å². The van der Waals surface area contributed by atoms with E-state index in [1.807, 2.05) is 0 Å². The number of carbonyl (C=O) groups is 1. The van der Waals surface area contributed by atoms with E-state index in [4.69, 9.17) is 30.0 Å². The second kappa shape index (κ2) is 11.2. The molecule has 1 aromatic carbocycles. The highest BCUT2D eigenvalue weighted by molar-refractivity contribution is 7.52. The van der Waals surface area contributed by atoms with Crippen molar-refractivity contribution in [1.82, 2.24) is 24.6 Å². The van der Waals surface area contributed by atoms with Crippen LogP contribution in [-0.2, 0) is 23.4 Å². The normalized spacial score (nSPS) is 23.8. The standard InChI is InChI=1S/C22H30N7O8P/c1-11(2)35-21(32)12(3)28-38(33,37-13-7-5-4-6-8-13)34-9-14-17(30)15(23)20(36-14)29-10-25-16-18(29)26-22(24)27-19(16)31/h4-8,10-12,14-15,17,20,30H,9,23H2,1-3H3,(H,28,33)(H3,24,26,27,31)/t12-,14-,15-,17-,20-,38-/m1/s1. The lowest BCUT2D eigenvalue weighted by atomic mass is 10.1. The average molecular weight is 551 g/mol. The molecule has 0 bridgehead atoms. The van der Waals surface area contributed by atoms with Crippen LogP contribution in [0.2, 0.25) is 0 Å². The van der Waals surface area contributed by atoms with Gasteiger partial charge in [-0.1, -0.05) is 18.2 Å². The smallest absolute Gasteiger partial charge is 0.459 e. The predicted molar refractivity (Wildman–Crippen MR) is 135 cm³/mol. The van der Waals surface area contributed by atoms with E-state index in [1.165, 1.54) is 17.8 Å². The van der Waals surface area contributed by atoms with E-state index in [2.05, 4.69) is 20.0 Å². The predicted octanol–water partition coefficient (Wildman–Crippen LogP) is 0.421. The Balaban J connectivity index is 1.52. The number of benzene rings is 1. The van der Waals surface area contributed by atoms with Gasteiger partial charge in [0.25, 0.3) is 5.56 Å². The van der Waals surface area contributed by atoms with Gasteiger partial charge in [-0.25, -0.2) is 9.55 Å². The average Bonchev–Trinajstić information content (AvgIpc) is 3.39. The maximum Gasteiger partial charge on any atom is 0.459 e. The molecule has 4 rings (SSSR count). The summed E-state index contributed by atoms with van der Waals surface area (Å²) in [6, 6.07) is 6.16. The second-order valence-electron chi connectivity index (χ2n) is 8.94. The van der Waals surface area contributed by atoms with Crippen molar-refractivity contribution in [3.63, 3.8) is 0 Å². The number of anilines is 1. The first-order valence-electron chi connectivity index (χ1n) is 11.8. The van der Waals surface area contributed by atoms with Crippen molar-refractivity contribution in [3.05, 3.63) is 47.0 Å². The zero-order valence-electron chi connectivity index (χ0n) is 20.9. The Bertz CT molecular complexity index is 1380. The SMILES string of the molecule is CC(C)OC(=O)[C@@H](C)N[P@@](=O)(OC[C@H]1O[C@@H](n2cnc3c(=O)[nH]c(N)nc32)[C@H](N)[C@@H]1O)Oc1ccccc1. The van der Waals surface area contributed by atoms with Gasteiger partial charge < -0.3 is 30.6 Å². The number of nitrogens with two attached hydrogens (primary N) is 2. The topological polar surface area (TPSA) is 219 Å². The van der Waals surface area contributed by atoms with E-state index in [0.29, 0.717) is 0 Å². The molecule has 0 saturated carbocycles. The Labute approximate surface area is 217 Å². The molecule has 0 spiro atoms. The minimum atomic E-state index is -4.20. The number of rotatable bonds is 10. The molecule has 1 fully saturated rings. The Morgan fingerprint density at radius 1 is 1.32 bits per heavy atom. The van der Waals surface area contributed by atoms with E-state index < -0.39 is 56.4 Å². The molecule has 7 N–H and O–H groups in total. The van der Waals surface area contributed by atoms with Crippen LogP contribution in [0.5, 0.6) is 5.75 Å². The quantitative estimate of drug-likeness (QED) is 0.171. The molecular weight excluding hydrogens is 521 g/mol. The molecule has 38 heavy (non-hydrogen) atoms. The van der Waals surface area contributed by atoms with Crippen LogP contribution in [0.25, 0.3) is 11.2 Å². The summed E-state index contributed by atoms with van der Waals surface area (Å²) < 4.78 is 37.3. The molecule has 1 aliphatic heterocycles. The maximum atomic E-state index is 13.7. The van der Waals surface area contributed by atoms with Crippen molar-refractivity contribution in [1.29, 1.82) is 0 Å². The highest BCUT2D eigenvalue weighted by Gasteiger charge is 2.45. The number of esters is 1. The van der Waals surface area contributed by atoms with E-state index in [0.717, 1.165) is 0 Å². The molecule has 0 radical (unpaired) electrons. The fraction of sp³-hybridized carbons (Fsp3) is 0.455. The summed E-state index contributed by atoms with van der Waals surface area (Å²) >= 11 is 0. The summed E-state index contributed by atoms with van der Waals surface area (Å²) in [5, 5.41) is 13.3. The summed E-state index contributed by atoms with van der Waals surface area (Å²) in [4.78, 5) is 34.9. The van der Waals surface area contributed by atoms with E-state index in [1.54, 1.807) is 44.2 Å². The first-order valence-corrected chi connectivity index (χ1v) is 13.3. The summed E-state index contributed by atoms with van der Waals surface area (Å²) in [5.41, 5.74) is 11.4. The number of aromatic nitrogens is 4. The van der Waals surface area contributed by atoms with Gasteiger partial charge in [-0.05, 0) is 32.9 Å². The summed E-state index contributed by atoms with van der Waals surface area (Å²) in [6.07, 6.45) is -2.44. The third-order valence-electron chi connectivity index (χ3n) is 5.58. The first kappa shape index (κ1) is 27.7. The van der Waals surface area contributed by atoms with Crippen molar-refractivity contribution in [2.24, 2.45) is 5.73 Å². The zero-order chi connectivity index (χ0) is 27.6. The lowest BCUT2D eigenvalue weighted by molar-refractivity contribution is -0.149. The van der Waals surface area contributed by atoms with Gasteiger partial charge in [0.2, 0.25) is 5.95 Å². The number of aromatic amines is 1. The first-order chi connectivity index (χ1) is 18.0. The van der Waals surface area contributed by atoms with Gasteiger partial charge in [0.05, 0.1) is 25.1 Å². The molecule has 3 heterocycles. The monoisotopic (exact) mass is 551 g/mol. The molecule has 1 saturated heterocycles. The van der Waals surface area contributed by atoms with Crippen LogP contribution < -0.4 is 26.6 Å². The number of aliphatic hydroxyl groups excluding tert-OH is 1. The fourth-order valence-electron chi connectivity index (χ4n) is 3.79. The van der Waals surface area contributed by atoms with Crippen molar-refractivity contribution in [2.75, 3.05) is 12.3 Å². The summed E-state index contributed by atoms with van der Waals surface area (Å²) in [7, 11) is -4.20. The van der Waals surface area contributed by atoms with Gasteiger partial charge in [0, 0.05) is 0 Å².